The third-order valence-corrected chi connectivity index (χ3v) is 2.90. The summed E-state index contributed by atoms with van der Waals surface area (Å²) in [5.41, 5.74) is 6.35. The molecule has 0 aromatic heterocycles. The number of carbonyl (C=O) groups is 1. The average molecular weight is 329 g/mol. The van der Waals surface area contributed by atoms with Crippen LogP contribution in [0, 0.1) is 10.1 Å². The predicted molar refractivity (Wildman–Crippen MR) is 86.5 cm³/mol. The SMILES string of the molecule is N/C(Cc1ccc([N+](=O)[O-])cc1)=N\OC(=O)COc1ccccc1. The molecule has 0 heterocycles. The lowest BCUT2D eigenvalue weighted by molar-refractivity contribution is -0.384. The van der Waals surface area contributed by atoms with E-state index in [1.54, 1.807) is 36.4 Å². The van der Waals surface area contributed by atoms with Crippen LogP contribution in [0.5, 0.6) is 5.75 Å². The number of nitrogens with two attached hydrogens (primary N) is 1. The first-order chi connectivity index (χ1) is 11.5. The summed E-state index contributed by atoms with van der Waals surface area (Å²) in [6.45, 7) is -0.293. The lowest BCUT2D eigenvalue weighted by atomic mass is 10.1. The van der Waals surface area contributed by atoms with Crippen LogP contribution < -0.4 is 10.5 Å². The number of rotatable bonds is 7. The lowest BCUT2D eigenvalue weighted by Crippen LogP contribution is -2.18. The summed E-state index contributed by atoms with van der Waals surface area (Å²) >= 11 is 0. The van der Waals surface area contributed by atoms with Gasteiger partial charge in [0.15, 0.2) is 6.61 Å². The van der Waals surface area contributed by atoms with Crippen LogP contribution in [0.1, 0.15) is 5.56 Å². The first kappa shape index (κ1) is 16.9. The first-order valence-electron chi connectivity index (χ1n) is 6.98. The number of nitrogens with zero attached hydrogens (tertiary/aromatic N) is 2. The van der Waals surface area contributed by atoms with Crippen LogP contribution >= 0.6 is 0 Å². The van der Waals surface area contributed by atoms with E-state index in [0.717, 1.165) is 0 Å². The Kier molecular flexibility index (Phi) is 5.84. The number of non-ortho nitro benzene ring substituents is 1. The average Bonchev–Trinajstić information content (AvgIpc) is 2.59. The van der Waals surface area contributed by atoms with E-state index in [1.807, 2.05) is 6.07 Å². The van der Waals surface area contributed by atoms with Gasteiger partial charge in [0.25, 0.3) is 5.69 Å². The largest absolute Gasteiger partial charge is 0.482 e. The molecule has 0 saturated carbocycles. The minimum Gasteiger partial charge on any atom is -0.482 e. The van der Waals surface area contributed by atoms with Gasteiger partial charge in [-0.05, 0) is 17.7 Å². The van der Waals surface area contributed by atoms with E-state index in [2.05, 4.69) is 9.99 Å². The van der Waals surface area contributed by atoms with Crippen molar-refractivity contribution in [3.05, 3.63) is 70.3 Å². The number of hydrogen-bond acceptors (Lipinski definition) is 6. The maximum atomic E-state index is 11.5. The summed E-state index contributed by atoms with van der Waals surface area (Å²) in [6.07, 6.45) is 0.199. The van der Waals surface area contributed by atoms with Crippen LogP contribution in [0.15, 0.2) is 59.8 Å². The number of carbonyl (C=O) groups excluding carboxylic acids is 1. The van der Waals surface area contributed by atoms with E-state index in [-0.39, 0.29) is 24.6 Å². The minimum absolute atomic E-state index is 0.0150. The normalized spacial score (nSPS) is 10.9. The minimum atomic E-state index is -0.689. The zero-order chi connectivity index (χ0) is 17.4. The number of hydrogen-bond donors (Lipinski definition) is 1. The Balaban J connectivity index is 1.80. The Morgan fingerprint density at radius 1 is 1.12 bits per heavy atom. The molecular weight excluding hydrogens is 314 g/mol. The van der Waals surface area contributed by atoms with Crippen molar-refractivity contribution in [1.29, 1.82) is 0 Å². The van der Waals surface area contributed by atoms with Crippen molar-refractivity contribution >= 4 is 17.5 Å². The summed E-state index contributed by atoms with van der Waals surface area (Å²) in [6, 6.07) is 14.6. The van der Waals surface area contributed by atoms with Crippen LogP contribution in [-0.4, -0.2) is 23.3 Å². The number of nitro benzene ring substituents is 1. The molecule has 2 N–H and O–H groups in total. The second kappa shape index (κ2) is 8.28. The molecule has 2 aromatic rings. The molecule has 124 valence electrons. The van der Waals surface area contributed by atoms with Gasteiger partial charge in [-0.25, -0.2) is 4.79 Å². The highest BCUT2D eigenvalue weighted by atomic mass is 16.7. The van der Waals surface area contributed by atoms with Crippen molar-refractivity contribution < 1.29 is 19.3 Å². The van der Waals surface area contributed by atoms with Crippen LogP contribution in [0.25, 0.3) is 0 Å². The maximum absolute atomic E-state index is 11.5. The maximum Gasteiger partial charge on any atom is 0.372 e. The number of benzene rings is 2. The standard InChI is InChI=1S/C16H15N3O5/c17-15(10-12-6-8-13(9-7-12)19(21)22)18-24-16(20)11-23-14-4-2-1-3-5-14/h1-9H,10-11H2,(H2,17,18). The molecule has 0 radical (unpaired) electrons. The zero-order valence-corrected chi connectivity index (χ0v) is 12.6. The zero-order valence-electron chi connectivity index (χ0n) is 12.6. The number of oxime groups is 1. The van der Waals surface area contributed by atoms with E-state index in [1.165, 1.54) is 12.1 Å². The Bertz CT molecular complexity index is 729. The third kappa shape index (κ3) is 5.41. The number of ether oxygens (including phenoxy) is 1. The molecule has 0 spiro atoms. The van der Waals surface area contributed by atoms with Gasteiger partial charge in [-0.3, -0.25) is 10.1 Å². The molecule has 0 aliphatic heterocycles. The Morgan fingerprint density at radius 3 is 2.42 bits per heavy atom. The fraction of sp³-hybridized carbons (Fsp3) is 0.125. The fourth-order valence-corrected chi connectivity index (χ4v) is 1.77. The van der Waals surface area contributed by atoms with E-state index >= 15 is 0 Å². The number of nitro groups is 1. The van der Waals surface area contributed by atoms with Crippen molar-refractivity contribution in [2.45, 2.75) is 6.42 Å². The second-order valence-corrected chi connectivity index (χ2v) is 4.75. The highest BCUT2D eigenvalue weighted by Gasteiger charge is 2.07. The molecule has 2 aromatic carbocycles. The van der Waals surface area contributed by atoms with Crippen LogP contribution in [-0.2, 0) is 16.1 Å². The third-order valence-electron chi connectivity index (χ3n) is 2.90. The van der Waals surface area contributed by atoms with E-state index < -0.39 is 10.9 Å². The molecule has 8 nitrogen and oxygen atoms in total. The van der Waals surface area contributed by atoms with Crippen LogP contribution in [0.4, 0.5) is 5.69 Å². The molecule has 8 heteroatoms. The Hall–Kier alpha value is -3.42. The Morgan fingerprint density at radius 2 is 1.79 bits per heavy atom. The van der Waals surface area contributed by atoms with Gasteiger partial charge in [0.2, 0.25) is 0 Å². The highest BCUT2D eigenvalue weighted by Crippen LogP contribution is 2.12. The molecular formula is C16H15N3O5. The Labute approximate surface area is 137 Å². The van der Waals surface area contributed by atoms with Gasteiger partial charge in [0, 0.05) is 18.6 Å². The molecule has 0 aliphatic carbocycles. The summed E-state index contributed by atoms with van der Waals surface area (Å²) < 4.78 is 5.21. The molecule has 0 fully saturated rings. The van der Waals surface area contributed by atoms with E-state index in [9.17, 15) is 14.9 Å². The topological polar surface area (TPSA) is 117 Å². The van der Waals surface area contributed by atoms with Gasteiger partial charge in [0.05, 0.1) is 4.92 Å². The van der Waals surface area contributed by atoms with Gasteiger partial charge in [0.1, 0.15) is 11.6 Å². The van der Waals surface area contributed by atoms with Crippen molar-refractivity contribution in [1.82, 2.24) is 0 Å². The van der Waals surface area contributed by atoms with Gasteiger partial charge in [-0.15, -0.1) is 0 Å². The molecule has 0 aliphatic rings. The second-order valence-electron chi connectivity index (χ2n) is 4.75. The fourth-order valence-electron chi connectivity index (χ4n) is 1.77. The number of amidine groups is 1. The van der Waals surface area contributed by atoms with Gasteiger partial charge >= 0.3 is 5.97 Å². The smallest absolute Gasteiger partial charge is 0.372 e. The lowest BCUT2D eigenvalue weighted by Gasteiger charge is -2.04. The monoisotopic (exact) mass is 329 g/mol. The van der Waals surface area contributed by atoms with Crippen LogP contribution in [0.3, 0.4) is 0 Å². The van der Waals surface area contributed by atoms with Gasteiger partial charge < -0.3 is 15.3 Å². The molecule has 0 bridgehead atoms. The molecule has 0 atom stereocenters. The number of para-hydroxylation sites is 1. The summed E-state index contributed by atoms with van der Waals surface area (Å²) in [5.74, 6) is -0.0836. The molecule has 0 amide bonds. The summed E-state index contributed by atoms with van der Waals surface area (Å²) in [7, 11) is 0. The first-order valence-corrected chi connectivity index (χ1v) is 6.98. The van der Waals surface area contributed by atoms with Gasteiger partial charge in [-0.1, -0.05) is 35.5 Å². The quantitative estimate of drug-likeness (QED) is 0.273. The molecule has 2 rings (SSSR count). The molecule has 0 unspecified atom stereocenters. The van der Waals surface area contributed by atoms with Crippen molar-refractivity contribution in [3.8, 4) is 5.75 Å². The summed E-state index contributed by atoms with van der Waals surface area (Å²) in [5, 5.41) is 14.1. The van der Waals surface area contributed by atoms with Crippen molar-refractivity contribution in [2.24, 2.45) is 10.9 Å². The van der Waals surface area contributed by atoms with Crippen molar-refractivity contribution in [3.63, 3.8) is 0 Å². The molecule has 0 saturated heterocycles. The van der Waals surface area contributed by atoms with E-state index in [4.69, 9.17) is 10.5 Å². The van der Waals surface area contributed by atoms with Crippen LogP contribution in [0.2, 0.25) is 0 Å². The van der Waals surface area contributed by atoms with Gasteiger partial charge in [-0.2, -0.15) is 0 Å². The van der Waals surface area contributed by atoms with Crippen molar-refractivity contribution in [2.75, 3.05) is 6.61 Å². The molecule has 24 heavy (non-hydrogen) atoms. The highest BCUT2D eigenvalue weighted by molar-refractivity contribution is 5.83. The predicted octanol–water partition coefficient (Wildman–Crippen LogP) is 2.03. The van der Waals surface area contributed by atoms with E-state index in [0.29, 0.717) is 11.3 Å². The summed E-state index contributed by atoms with van der Waals surface area (Å²) in [4.78, 5) is 26.2.